The molecule has 0 radical (unpaired) electrons. The third kappa shape index (κ3) is 5.88. The first-order valence-electron chi connectivity index (χ1n) is 13.2. The minimum atomic E-state index is -3.15. The molecule has 5 N–H and O–H groups in total. The van der Waals surface area contributed by atoms with Gasteiger partial charge in [-0.2, -0.15) is 10.6 Å². The van der Waals surface area contributed by atoms with Crippen molar-refractivity contribution < 1.29 is 18.9 Å². The number of rotatable bonds is 9. The summed E-state index contributed by atoms with van der Waals surface area (Å²) in [5, 5.41) is 15.6. The highest BCUT2D eigenvalue weighted by Crippen LogP contribution is 2.75. The summed E-state index contributed by atoms with van der Waals surface area (Å²) in [5.41, 5.74) is 2.28. The first-order chi connectivity index (χ1) is 18.8. The van der Waals surface area contributed by atoms with Gasteiger partial charge >= 0.3 is 0 Å². The third-order valence-electron chi connectivity index (χ3n) is 7.18. The molecule has 39 heavy (non-hydrogen) atoms. The van der Waals surface area contributed by atoms with Crippen molar-refractivity contribution in [1.29, 1.82) is 0 Å². The van der Waals surface area contributed by atoms with Crippen LogP contribution in [-0.4, -0.2) is 68.2 Å². The van der Waals surface area contributed by atoms with Crippen molar-refractivity contribution in [3.8, 4) is 11.4 Å². The van der Waals surface area contributed by atoms with Gasteiger partial charge < -0.3 is 25.4 Å². The molecule has 3 aromatic rings. The molecule has 9 nitrogen and oxygen atoms in total. The lowest BCUT2D eigenvalue weighted by Gasteiger charge is -2.41. The van der Waals surface area contributed by atoms with Crippen molar-refractivity contribution in [1.82, 2.24) is 15.3 Å². The number of nitrogens with one attached hydrogen (secondary N) is 2. The Morgan fingerprint density at radius 2 is 1.87 bits per heavy atom. The topological polar surface area (TPSA) is 123 Å². The minimum absolute atomic E-state index is 0.108. The Morgan fingerprint density at radius 3 is 2.54 bits per heavy atom. The number of aliphatic hydroxyl groups excluding tert-OH is 1. The van der Waals surface area contributed by atoms with Gasteiger partial charge in [-0.05, 0) is 74.8 Å². The summed E-state index contributed by atoms with van der Waals surface area (Å²) in [7, 11) is -3.15. The molecule has 0 unspecified atom stereocenters. The fraction of sp³-hybridized carbons (Fsp3) is 0.393. The van der Waals surface area contributed by atoms with Crippen molar-refractivity contribution in [2.45, 2.75) is 41.9 Å². The van der Waals surface area contributed by atoms with Crippen molar-refractivity contribution in [3.63, 3.8) is 0 Å². The zero-order valence-corrected chi connectivity index (χ0v) is 23.5. The number of hydrogen-bond donors (Lipinski definition) is 5. The molecular formula is C28H35N5O4S2. The lowest BCUT2D eigenvalue weighted by Crippen LogP contribution is -2.44. The SMILES string of the molecule is C[C@H]1COCCN1c1cc(C2(S(O)(O)c3ccccc3)CC2)nc(-c2ccc(NC(=S)NCCCO)cc2)n1. The van der Waals surface area contributed by atoms with Crippen LogP contribution in [0.15, 0.2) is 65.6 Å². The minimum Gasteiger partial charge on any atom is -0.396 e. The van der Waals surface area contributed by atoms with E-state index < -0.39 is 15.3 Å². The number of nitrogens with zero attached hydrogens (tertiary/aromatic N) is 3. The largest absolute Gasteiger partial charge is 0.396 e. The molecule has 0 amide bonds. The Morgan fingerprint density at radius 1 is 1.13 bits per heavy atom. The van der Waals surface area contributed by atoms with Gasteiger partial charge in [0.05, 0.1) is 29.8 Å². The van der Waals surface area contributed by atoms with Crippen molar-refractivity contribution in [2.75, 3.05) is 43.1 Å². The summed E-state index contributed by atoms with van der Waals surface area (Å²) in [6.45, 7) is 4.71. The molecule has 0 bridgehead atoms. The van der Waals surface area contributed by atoms with E-state index in [9.17, 15) is 9.11 Å². The van der Waals surface area contributed by atoms with Gasteiger partial charge in [-0.3, -0.25) is 9.11 Å². The van der Waals surface area contributed by atoms with Gasteiger partial charge in [0.15, 0.2) is 10.9 Å². The second kappa shape index (κ2) is 11.7. The molecule has 1 saturated carbocycles. The average molecular weight is 570 g/mol. The van der Waals surface area contributed by atoms with Crippen molar-refractivity contribution in [2.24, 2.45) is 0 Å². The fourth-order valence-electron chi connectivity index (χ4n) is 4.81. The van der Waals surface area contributed by atoms with Gasteiger partial charge in [-0.15, -0.1) is 0 Å². The van der Waals surface area contributed by atoms with E-state index in [2.05, 4.69) is 22.5 Å². The van der Waals surface area contributed by atoms with Crippen LogP contribution in [0.4, 0.5) is 11.5 Å². The van der Waals surface area contributed by atoms with E-state index in [0.29, 0.717) is 67.1 Å². The first-order valence-corrected chi connectivity index (χ1v) is 15.1. The monoisotopic (exact) mass is 569 g/mol. The van der Waals surface area contributed by atoms with Crippen LogP contribution in [-0.2, 0) is 9.48 Å². The molecule has 2 fully saturated rings. The van der Waals surface area contributed by atoms with Crippen molar-refractivity contribution >= 4 is 39.4 Å². The Balaban J connectivity index is 1.49. The summed E-state index contributed by atoms with van der Waals surface area (Å²) in [5.74, 6) is 1.29. The van der Waals surface area contributed by atoms with Crippen LogP contribution in [0, 0.1) is 0 Å². The molecule has 2 aromatic carbocycles. The molecule has 208 valence electrons. The van der Waals surface area contributed by atoms with E-state index in [1.807, 2.05) is 48.5 Å². The van der Waals surface area contributed by atoms with Gasteiger partial charge in [0, 0.05) is 37.0 Å². The number of morpholine rings is 1. The molecular weight excluding hydrogens is 534 g/mol. The van der Waals surface area contributed by atoms with Gasteiger partial charge in [0.2, 0.25) is 0 Å². The van der Waals surface area contributed by atoms with Crippen LogP contribution < -0.4 is 15.5 Å². The number of anilines is 2. The predicted octanol–water partition coefficient (Wildman–Crippen LogP) is 4.84. The number of aromatic nitrogens is 2. The van der Waals surface area contributed by atoms with Crippen LogP contribution in [0.2, 0.25) is 0 Å². The molecule has 1 aliphatic carbocycles. The number of hydrogen-bond acceptors (Lipinski definition) is 8. The Hall–Kier alpha value is -2.80. The highest BCUT2D eigenvalue weighted by molar-refractivity contribution is 8.25. The average Bonchev–Trinajstić information content (AvgIpc) is 3.77. The van der Waals surface area contributed by atoms with Crippen LogP contribution in [0.3, 0.4) is 0 Å². The van der Waals surface area contributed by atoms with E-state index in [1.54, 1.807) is 12.1 Å². The third-order valence-corrected chi connectivity index (χ3v) is 10.1. The standard InChI is InChI=1S/C28H35N5O4S2/c1-20-19-37-17-15-33(20)25-18-24(28(12-13-28)39(35,36)23-6-3-2-4-7-23)31-26(32-25)21-8-10-22(11-9-21)30-27(38)29-14-5-16-34/h2-4,6-11,18,20,34-36H,5,12-17,19H2,1H3,(H2,29,30,38)/t20-/m0/s1. The van der Waals surface area contributed by atoms with E-state index >= 15 is 0 Å². The molecule has 2 heterocycles. The number of benzene rings is 2. The molecule has 1 saturated heterocycles. The van der Waals surface area contributed by atoms with E-state index in [4.69, 9.17) is 32.0 Å². The van der Waals surface area contributed by atoms with Crippen LogP contribution in [0.25, 0.3) is 11.4 Å². The molecule has 0 spiro atoms. The fourth-order valence-corrected chi connectivity index (χ4v) is 7.08. The van der Waals surface area contributed by atoms with Gasteiger partial charge in [-0.25, -0.2) is 9.97 Å². The first kappa shape index (κ1) is 27.8. The van der Waals surface area contributed by atoms with Gasteiger partial charge in [0.1, 0.15) is 10.6 Å². The molecule has 1 aliphatic heterocycles. The van der Waals surface area contributed by atoms with E-state index in [1.165, 1.54) is 0 Å². The second-order valence-corrected chi connectivity index (χ2v) is 12.7. The zero-order chi connectivity index (χ0) is 27.5. The van der Waals surface area contributed by atoms with Gasteiger partial charge in [0.25, 0.3) is 0 Å². The molecule has 5 rings (SSSR count). The lowest BCUT2D eigenvalue weighted by molar-refractivity contribution is 0.0985. The molecule has 11 heteroatoms. The maximum absolute atomic E-state index is 11.5. The summed E-state index contributed by atoms with van der Waals surface area (Å²) in [6, 6.07) is 18.8. The molecule has 1 aromatic heterocycles. The summed E-state index contributed by atoms with van der Waals surface area (Å²) in [4.78, 5) is 12.6. The van der Waals surface area contributed by atoms with Crippen molar-refractivity contribution in [3.05, 3.63) is 66.4 Å². The molecule has 2 aliphatic rings. The van der Waals surface area contributed by atoms with Crippen LogP contribution in [0.5, 0.6) is 0 Å². The Labute approximate surface area is 236 Å². The maximum atomic E-state index is 11.5. The lowest BCUT2D eigenvalue weighted by atomic mass is 10.1. The van der Waals surface area contributed by atoms with E-state index in [0.717, 1.165) is 17.1 Å². The molecule has 1 atom stereocenters. The quantitative estimate of drug-likeness (QED) is 0.181. The Kier molecular flexibility index (Phi) is 8.36. The van der Waals surface area contributed by atoms with Crippen LogP contribution in [0.1, 0.15) is 31.9 Å². The zero-order valence-electron chi connectivity index (χ0n) is 21.9. The Bertz CT molecular complexity index is 1290. The van der Waals surface area contributed by atoms with E-state index in [-0.39, 0.29) is 12.6 Å². The smallest absolute Gasteiger partial charge is 0.170 e. The number of thiocarbonyl (C=S) groups is 1. The normalized spacial score (nSPS) is 18.9. The summed E-state index contributed by atoms with van der Waals surface area (Å²) < 4.78 is 27.9. The summed E-state index contributed by atoms with van der Waals surface area (Å²) >= 11 is 5.33. The number of ether oxygens (including phenoxy) is 1. The highest BCUT2D eigenvalue weighted by Gasteiger charge is 2.57. The summed E-state index contributed by atoms with van der Waals surface area (Å²) in [6.07, 6.45) is 1.90. The highest BCUT2D eigenvalue weighted by atomic mass is 32.3. The predicted molar refractivity (Wildman–Crippen MR) is 159 cm³/mol. The number of aliphatic hydroxyl groups is 1. The van der Waals surface area contributed by atoms with Crippen LogP contribution >= 0.6 is 22.8 Å². The maximum Gasteiger partial charge on any atom is 0.170 e. The van der Waals surface area contributed by atoms with Gasteiger partial charge in [-0.1, -0.05) is 18.2 Å². The second-order valence-electron chi connectivity index (χ2n) is 9.94.